The van der Waals surface area contributed by atoms with Crippen molar-refractivity contribution < 1.29 is 17.9 Å². The summed E-state index contributed by atoms with van der Waals surface area (Å²) >= 11 is 5.90. The molecule has 0 saturated heterocycles. The van der Waals surface area contributed by atoms with Gasteiger partial charge in [0.1, 0.15) is 5.69 Å². The number of benzene rings is 1. The van der Waals surface area contributed by atoms with Crippen molar-refractivity contribution in [3.8, 4) is 0 Å². The molecule has 0 amide bonds. The monoisotopic (exact) mass is 287 g/mol. The molecular formula is C11H10ClNO4S. The molecule has 0 saturated carbocycles. The van der Waals surface area contributed by atoms with E-state index >= 15 is 0 Å². The summed E-state index contributed by atoms with van der Waals surface area (Å²) in [6.45, 7) is 0. The largest absolute Gasteiger partial charge is 0.464 e. The predicted octanol–water partition coefficient (Wildman–Crippen LogP) is 2.01. The summed E-state index contributed by atoms with van der Waals surface area (Å²) in [6, 6.07) is 4.45. The molecule has 18 heavy (non-hydrogen) atoms. The van der Waals surface area contributed by atoms with Crippen LogP contribution in [0.2, 0.25) is 5.02 Å². The normalized spacial score (nSPS) is 11.7. The van der Waals surface area contributed by atoms with Crippen molar-refractivity contribution in [3.05, 3.63) is 28.9 Å². The second-order valence-electron chi connectivity index (χ2n) is 3.82. The van der Waals surface area contributed by atoms with Gasteiger partial charge in [0.2, 0.25) is 0 Å². The van der Waals surface area contributed by atoms with Crippen LogP contribution in [-0.4, -0.2) is 32.7 Å². The molecule has 7 heteroatoms. The molecule has 2 rings (SSSR count). The molecule has 0 aliphatic carbocycles. The van der Waals surface area contributed by atoms with Crippen LogP contribution in [0.4, 0.5) is 0 Å². The van der Waals surface area contributed by atoms with Crippen molar-refractivity contribution in [1.82, 2.24) is 4.98 Å². The summed E-state index contributed by atoms with van der Waals surface area (Å²) in [4.78, 5) is 14.2. The van der Waals surface area contributed by atoms with E-state index in [0.717, 1.165) is 6.26 Å². The Hall–Kier alpha value is -1.53. The van der Waals surface area contributed by atoms with E-state index in [2.05, 4.69) is 9.72 Å². The third-order valence-electron chi connectivity index (χ3n) is 2.48. The molecule has 0 spiro atoms. The quantitative estimate of drug-likeness (QED) is 0.857. The number of hydrogen-bond donors (Lipinski definition) is 1. The van der Waals surface area contributed by atoms with Crippen molar-refractivity contribution in [3.63, 3.8) is 0 Å². The lowest BCUT2D eigenvalue weighted by molar-refractivity contribution is 0.0595. The van der Waals surface area contributed by atoms with Gasteiger partial charge in [-0.3, -0.25) is 0 Å². The maximum absolute atomic E-state index is 11.5. The Labute approximate surface area is 109 Å². The first-order chi connectivity index (χ1) is 8.32. The number of carbonyl (C=O) groups is 1. The van der Waals surface area contributed by atoms with Crippen LogP contribution in [0.15, 0.2) is 23.1 Å². The summed E-state index contributed by atoms with van der Waals surface area (Å²) in [7, 11) is -2.14. The molecule has 1 aromatic heterocycles. The van der Waals surface area contributed by atoms with Gasteiger partial charge >= 0.3 is 5.97 Å². The Morgan fingerprint density at radius 1 is 1.33 bits per heavy atom. The van der Waals surface area contributed by atoms with E-state index in [1.807, 2.05) is 0 Å². The second-order valence-corrected chi connectivity index (χ2v) is 6.21. The van der Waals surface area contributed by atoms with E-state index in [0.29, 0.717) is 10.9 Å². The van der Waals surface area contributed by atoms with Crippen LogP contribution < -0.4 is 0 Å². The molecule has 0 bridgehead atoms. The summed E-state index contributed by atoms with van der Waals surface area (Å²) in [5, 5.41) is 0.771. The van der Waals surface area contributed by atoms with Gasteiger partial charge in [-0.2, -0.15) is 0 Å². The van der Waals surface area contributed by atoms with Crippen molar-refractivity contribution in [2.45, 2.75) is 4.90 Å². The lowest BCUT2D eigenvalue weighted by Crippen LogP contribution is -2.00. The zero-order valence-corrected chi connectivity index (χ0v) is 11.2. The zero-order valence-electron chi connectivity index (χ0n) is 9.65. The summed E-state index contributed by atoms with van der Waals surface area (Å²) in [5.74, 6) is -0.525. The molecule has 1 heterocycles. The van der Waals surface area contributed by atoms with Crippen LogP contribution in [0.5, 0.6) is 0 Å². The van der Waals surface area contributed by atoms with E-state index in [-0.39, 0.29) is 15.6 Å². The molecule has 0 radical (unpaired) electrons. The third-order valence-corrected chi connectivity index (χ3v) is 4.04. The van der Waals surface area contributed by atoms with Gasteiger partial charge in [-0.25, -0.2) is 13.2 Å². The smallest absolute Gasteiger partial charge is 0.354 e. The van der Waals surface area contributed by atoms with Gasteiger partial charge < -0.3 is 9.72 Å². The molecule has 1 aromatic carbocycles. The van der Waals surface area contributed by atoms with Crippen molar-refractivity contribution in [1.29, 1.82) is 0 Å². The van der Waals surface area contributed by atoms with Crippen LogP contribution in [0.3, 0.4) is 0 Å². The first kappa shape index (κ1) is 12.9. The third kappa shape index (κ3) is 2.21. The number of aromatic amines is 1. The van der Waals surface area contributed by atoms with Crippen LogP contribution >= 0.6 is 11.6 Å². The van der Waals surface area contributed by atoms with Crippen LogP contribution in [0.25, 0.3) is 10.9 Å². The topological polar surface area (TPSA) is 76.2 Å². The van der Waals surface area contributed by atoms with Crippen LogP contribution in [-0.2, 0) is 14.6 Å². The summed E-state index contributed by atoms with van der Waals surface area (Å²) in [5.41, 5.74) is 0.759. The first-order valence-electron chi connectivity index (χ1n) is 4.93. The highest BCUT2D eigenvalue weighted by atomic mass is 35.5. The Bertz CT molecular complexity index is 733. The van der Waals surface area contributed by atoms with Crippen molar-refractivity contribution in [2.75, 3.05) is 13.4 Å². The Morgan fingerprint density at radius 3 is 2.56 bits per heavy atom. The number of halogens is 1. The predicted molar refractivity (Wildman–Crippen MR) is 67.8 cm³/mol. The standard InChI is InChI=1S/C11H10ClNO4S/c1-17-11(14)9-4-6-3-7(12)10(18(2,15)16)5-8(6)13-9/h3-5,13H,1-2H3. The van der Waals surface area contributed by atoms with E-state index in [4.69, 9.17) is 11.6 Å². The van der Waals surface area contributed by atoms with Crippen LogP contribution in [0, 0.1) is 0 Å². The lowest BCUT2D eigenvalue weighted by atomic mass is 10.2. The average molecular weight is 288 g/mol. The molecule has 0 fully saturated rings. The molecular weight excluding hydrogens is 278 g/mol. The number of sulfone groups is 1. The van der Waals surface area contributed by atoms with Gasteiger partial charge in [-0.15, -0.1) is 0 Å². The molecule has 0 atom stereocenters. The number of esters is 1. The van der Waals surface area contributed by atoms with Crippen molar-refractivity contribution in [2.24, 2.45) is 0 Å². The van der Waals surface area contributed by atoms with Gasteiger partial charge in [0.15, 0.2) is 9.84 Å². The lowest BCUT2D eigenvalue weighted by Gasteiger charge is -2.01. The van der Waals surface area contributed by atoms with Gasteiger partial charge in [0, 0.05) is 17.2 Å². The number of fused-ring (bicyclic) bond motifs is 1. The van der Waals surface area contributed by atoms with Gasteiger partial charge in [0.25, 0.3) is 0 Å². The fraction of sp³-hybridized carbons (Fsp3) is 0.182. The molecule has 96 valence electrons. The number of methoxy groups -OCH3 is 1. The summed E-state index contributed by atoms with van der Waals surface area (Å²) < 4.78 is 27.6. The molecule has 5 nitrogen and oxygen atoms in total. The minimum absolute atomic E-state index is 0.0231. The number of nitrogens with one attached hydrogen (secondary N) is 1. The Morgan fingerprint density at radius 2 is 2.00 bits per heavy atom. The highest BCUT2D eigenvalue weighted by Crippen LogP contribution is 2.28. The first-order valence-corrected chi connectivity index (χ1v) is 7.20. The number of hydrogen-bond acceptors (Lipinski definition) is 4. The van der Waals surface area contributed by atoms with Gasteiger partial charge in [-0.05, 0) is 18.2 Å². The molecule has 2 aromatic rings. The van der Waals surface area contributed by atoms with E-state index in [9.17, 15) is 13.2 Å². The fourth-order valence-electron chi connectivity index (χ4n) is 1.64. The molecule has 0 unspecified atom stereocenters. The second kappa shape index (κ2) is 4.29. The minimum Gasteiger partial charge on any atom is -0.464 e. The summed E-state index contributed by atoms with van der Waals surface area (Å²) in [6.07, 6.45) is 1.07. The average Bonchev–Trinajstić information content (AvgIpc) is 2.68. The number of rotatable bonds is 2. The van der Waals surface area contributed by atoms with Crippen LogP contribution in [0.1, 0.15) is 10.5 Å². The maximum Gasteiger partial charge on any atom is 0.354 e. The van der Waals surface area contributed by atoms with E-state index in [1.54, 1.807) is 6.07 Å². The SMILES string of the molecule is COC(=O)c1cc2cc(Cl)c(S(C)(=O)=O)cc2[nH]1. The molecule has 1 N–H and O–H groups in total. The molecule has 0 aliphatic heterocycles. The van der Waals surface area contributed by atoms with Gasteiger partial charge in [-0.1, -0.05) is 11.6 Å². The maximum atomic E-state index is 11.5. The Balaban J connectivity index is 2.69. The highest BCUT2D eigenvalue weighted by molar-refractivity contribution is 7.90. The van der Waals surface area contributed by atoms with E-state index < -0.39 is 15.8 Å². The number of ether oxygens (including phenoxy) is 1. The number of carbonyl (C=O) groups excluding carboxylic acids is 1. The van der Waals surface area contributed by atoms with E-state index in [1.165, 1.54) is 19.2 Å². The number of H-pyrrole nitrogens is 1. The number of aromatic nitrogens is 1. The molecule has 0 aliphatic rings. The van der Waals surface area contributed by atoms with Crippen molar-refractivity contribution >= 4 is 38.3 Å². The minimum atomic E-state index is -3.41. The zero-order chi connectivity index (χ0) is 13.5. The fourth-order valence-corrected chi connectivity index (χ4v) is 2.97. The van der Waals surface area contributed by atoms with Gasteiger partial charge in [0.05, 0.1) is 17.0 Å². The highest BCUT2D eigenvalue weighted by Gasteiger charge is 2.16. The Kier molecular flexibility index (Phi) is 3.08.